The third kappa shape index (κ3) is 7.71. The minimum Gasteiger partial charge on any atom is -0.469 e. The fraction of sp³-hybridized carbons (Fsp3) is 0.625. The highest BCUT2D eigenvalue weighted by atomic mass is 16.5. The molecule has 0 fully saturated rings. The van der Waals surface area contributed by atoms with Gasteiger partial charge in [-0.2, -0.15) is 0 Å². The van der Waals surface area contributed by atoms with Gasteiger partial charge in [-0.3, -0.25) is 4.79 Å². The number of furan rings is 1. The van der Waals surface area contributed by atoms with E-state index in [-0.39, 0.29) is 11.9 Å². The molecule has 1 atom stereocenters. The van der Waals surface area contributed by atoms with Gasteiger partial charge in [0.05, 0.1) is 12.9 Å². The van der Waals surface area contributed by atoms with Gasteiger partial charge in [0.1, 0.15) is 5.76 Å². The molecule has 0 saturated heterocycles. The molecule has 0 aliphatic carbocycles. The summed E-state index contributed by atoms with van der Waals surface area (Å²) in [7, 11) is 0. The summed E-state index contributed by atoms with van der Waals surface area (Å²) >= 11 is 0. The normalized spacial score (nSPS) is 12.0. The maximum atomic E-state index is 11.8. The Balaban J connectivity index is 2.34. The van der Waals surface area contributed by atoms with Crippen molar-refractivity contribution < 1.29 is 18.7 Å². The van der Waals surface area contributed by atoms with Crippen LogP contribution in [0, 0.1) is 5.92 Å². The summed E-state index contributed by atoms with van der Waals surface area (Å²) < 4.78 is 10.1. The molecule has 1 rings (SSSR count). The predicted octanol–water partition coefficient (Wildman–Crippen LogP) is 2.49. The van der Waals surface area contributed by atoms with Crippen LogP contribution >= 0.6 is 0 Å². The maximum absolute atomic E-state index is 11.8. The second kappa shape index (κ2) is 9.87. The minimum atomic E-state index is -0.446. The second-order valence-electron chi connectivity index (χ2n) is 5.57. The first kappa shape index (κ1) is 18.1. The fourth-order valence-electron chi connectivity index (χ4n) is 2.12. The zero-order valence-electron chi connectivity index (χ0n) is 13.6. The Hall–Kier alpha value is -1.98. The summed E-state index contributed by atoms with van der Waals surface area (Å²) in [6.45, 7) is 6.62. The fourth-order valence-corrected chi connectivity index (χ4v) is 2.12. The van der Waals surface area contributed by atoms with E-state index in [4.69, 9.17) is 9.15 Å². The highest BCUT2D eigenvalue weighted by molar-refractivity contribution is 5.76. The Kier molecular flexibility index (Phi) is 8.10. The molecule has 0 aliphatic heterocycles. The van der Waals surface area contributed by atoms with Crippen LogP contribution in [-0.4, -0.2) is 31.2 Å². The summed E-state index contributed by atoms with van der Waals surface area (Å²) in [5, 5.41) is 5.63. The molecule has 0 aromatic carbocycles. The molecule has 1 aromatic heterocycles. The number of hydrogen-bond donors (Lipinski definition) is 2. The number of amides is 2. The zero-order valence-corrected chi connectivity index (χ0v) is 13.6. The lowest BCUT2D eigenvalue weighted by atomic mass is 10.0. The van der Waals surface area contributed by atoms with Crippen molar-refractivity contribution in [3.05, 3.63) is 24.2 Å². The Morgan fingerprint density at radius 3 is 2.73 bits per heavy atom. The van der Waals surface area contributed by atoms with Gasteiger partial charge in [-0.25, -0.2) is 4.79 Å². The Morgan fingerprint density at radius 2 is 2.14 bits per heavy atom. The molecule has 0 spiro atoms. The van der Waals surface area contributed by atoms with E-state index < -0.39 is 6.09 Å². The molecule has 0 saturated carbocycles. The van der Waals surface area contributed by atoms with Crippen LogP contribution < -0.4 is 10.6 Å². The Morgan fingerprint density at radius 1 is 1.36 bits per heavy atom. The van der Waals surface area contributed by atoms with Crippen LogP contribution in [0.1, 0.15) is 39.4 Å². The molecule has 2 amide bonds. The van der Waals surface area contributed by atoms with Gasteiger partial charge in [0, 0.05) is 25.4 Å². The Labute approximate surface area is 131 Å². The number of rotatable bonds is 9. The van der Waals surface area contributed by atoms with Gasteiger partial charge < -0.3 is 19.8 Å². The van der Waals surface area contributed by atoms with Crippen molar-refractivity contribution in [2.75, 3.05) is 13.2 Å². The summed E-state index contributed by atoms with van der Waals surface area (Å²) in [5.41, 5.74) is 0. The molecule has 124 valence electrons. The largest absolute Gasteiger partial charge is 0.469 e. The lowest BCUT2D eigenvalue weighted by Gasteiger charge is -2.20. The Bertz CT molecular complexity index is 443. The van der Waals surface area contributed by atoms with Gasteiger partial charge in [-0.1, -0.05) is 13.8 Å². The van der Waals surface area contributed by atoms with E-state index in [0.29, 0.717) is 31.9 Å². The van der Waals surface area contributed by atoms with Crippen molar-refractivity contribution in [2.24, 2.45) is 5.92 Å². The third-order valence-electron chi connectivity index (χ3n) is 3.08. The van der Waals surface area contributed by atoms with Crippen LogP contribution in [0.4, 0.5) is 4.79 Å². The van der Waals surface area contributed by atoms with Gasteiger partial charge >= 0.3 is 6.09 Å². The molecule has 0 aliphatic rings. The second-order valence-corrected chi connectivity index (χ2v) is 5.57. The first-order valence-corrected chi connectivity index (χ1v) is 7.73. The lowest BCUT2D eigenvalue weighted by molar-refractivity contribution is -0.121. The van der Waals surface area contributed by atoms with Crippen LogP contribution in [0.25, 0.3) is 0 Å². The van der Waals surface area contributed by atoms with Crippen LogP contribution in [0.15, 0.2) is 22.8 Å². The van der Waals surface area contributed by atoms with Crippen LogP contribution in [-0.2, 0) is 16.0 Å². The molecule has 6 nitrogen and oxygen atoms in total. The summed E-state index contributed by atoms with van der Waals surface area (Å²) in [6, 6.07) is 3.51. The molecular formula is C16H26N2O4. The summed E-state index contributed by atoms with van der Waals surface area (Å²) in [6.07, 6.45) is 2.85. The van der Waals surface area contributed by atoms with Gasteiger partial charge in [-0.05, 0) is 31.4 Å². The zero-order chi connectivity index (χ0) is 16.4. The van der Waals surface area contributed by atoms with Crippen molar-refractivity contribution in [3.8, 4) is 0 Å². The molecule has 0 radical (unpaired) electrons. The molecule has 22 heavy (non-hydrogen) atoms. The van der Waals surface area contributed by atoms with Gasteiger partial charge in [0.15, 0.2) is 0 Å². The SMILES string of the molecule is CCOC(=O)N[C@H](CNC(=O)CCc1ccco1)CC(C)C. The number of nitrogens with one attached hydrogen (secondary N) is 2. The summed E-state index contributed by atoms with van der Waals surface area (Å²) in [4.78, 5) is 23.3. The smallest absolute Gasteiger partial charge is 0.407 e. The monoisotopic (exact) mass is 310 g/mol. The standard InChI is InChI=1S/C16H26N2O4/c1-4-21-16(20)18-13(10-12(2)3)11-17-15(19)8-7-14-6-5-9-22-14/h5-6,9,12-13H,4,7-8,10-11H2,1-3H3,(H,17,19)(H,18,20)/t13-/m0/s1. The lowest BCUT2D eigenvalue weighted by Crippen LogP contribution is -2.44. The van der Waals surface area contributed by atoms with Crippen LogP contribution in [0.2, 0.25) is 0 Å². The number of aryl methyl sites for hydroxylation is 1. The maximum Gasteiger partial charge on any atom is 0.407 e. The quantitative estimate of drug-likeness (QED) is 0.734. The van der Waals surface area contributed by atoms with Crippen molar-refractivity contribution in [1.29, 1.82) is 0 Å². The van der Waals surface area contributed by atoms with Crippen molar-refractivity contribution >= 4 is 12.0 Å². The van der Waals surface area contributed by atoms with E-state index in [0.717, 1.165) is 12.2 Å². The molecule has 2 N–H and O–H groups in total. The first-order valence-electron chi connectivity index (χ1n) is 7.73. The predicted molar refractivity (Wildman–Crippen MR) is 83.4 cm³/mol. The average Bonchev–Trinajstić information content (AvgIpc) is 2.95. The summed E-state index contributed by atoms with van der Waals surface area (Å²) in [5.74, 6) is 1.14. The van der Waals surface area contributed by atoms with E-state index in [1.54, 1.807) is 19.3 Å². The molecule has 0 bridgehead atoms. The van der Waals surface area contributed by atoms with E-state index in [1.807, 2.05) is 6.07 Å². The molecular weight excluding hydrogens is 284 g/mol. The minimum absolute atomic E-state index is 0.0594. The van der Waals surface area contributed by atoms with Crippen molar-refractivity contribution in [2.45, 2.75) is 46.1 Å². The van der Waals surface area contributed by atoms with Crippen LogP contribution in [0.3, 0.4) is 0 Å². The van der Waals surface area contributed by atoms with Crippen molar-refractivity contribution in [3.63, 3.8) is 0 Å². The third-order valence-corrected chi connectivity index (χ3v) is 3.08. The number of carbonyl (C=O) groups is 2. The van der Waals surface area contributed by atoms with E-state index in [1.165, 1.54) is 0 Å². The number of carbonyl (C=O) groups excluding carboxylic acids is 2. The van der Waals surface area contributed by atoms with E-state index >= 15 is 0 Å². The average molecular weight is 310 g/mol. The van der Waals surface area contributed by atoms with Gasteiger partial charge in [-0.15, -0.1) is 0 Å². The molecule has 0 unspecified atom stereocenters. The number of hydrogen-bond acceptors (Lipinski definition) is 4. The molecule has 1 aromatic rings. The van der Waals surface area contributed by atoms with Gasteiger partial charge in [0.25, 0.3) is 0 Å². The van der Waals surface area contributed by atoms with E-state index in [9.17, 15) is 9.59 Å². The highest BCUT2D eigenvalue weighted by Crippen LogP contribution is 2.06. The molecule has 6 heteroatoms. The van der Waals surface area contributed by atoms with Gasteiger partial charge in [0.2, 0.25) is 5.91 Å². The first-order chi connectivity index (χ1) is 10.5. The van der Waals surface area contributed by atoms with Crippen molar-refractivity contribution in [1.82, 2.24) is 10.6 Å². The van der Waals surface area contributed by atoms with E-state index in [2.05, 4.69) is 24.5 Å². The molecule has 1 heterocycles. The van der Waals surface area contributed by atoms with Crippen LogP contribution in [0.5, 0.6) is 0 Å². The number of alkyl carbamates (subject to hydrolysis) is 1. The topological polar surface area (TPSA) is 80.6 Å². The highest BCUT2D eigenvalue weighted by Gasteiger charge is 2.15. The number of ether oxygens (including phenoxy) is 1.